The number of aliphatic hydroxyl groups is 1. The number of pyridine rings is 1. The van der Waals surface area contributed by atoms with Crippen LogP contribution in [-0.4, -0.2) is 44.5 Å². The smallest absolute Gasteiger partial charge is 0.272 e. The summed E-state index contributed by atoms with van der Waals surface area (Å²) in [7, 11) is 0. The lowest BCUT2D eigenvalue weighted by Gasteiger charge is -2.13. The normalized spacial score (nSPS) is 17.5. The van der Waals surface area contributed by atoms with Crippen LogP contribution in [-0.2, 0) is 13.1 Å². The fraction of sp³-hybridized carbons (Fsp3) is 0.300. The van der Waals surface area contributed by atoms with Crippen molar-refractivity contribution in [3.05, 3.63) is 70.8 Å². The Bertz CT molecular complexity index is 972. The quantitative estimate of drug-likeness (QED) is 0.709. The van der Waals surface area contributed by atoms with Gasteiger partial charge in [-0.2, -0.15) is 0 Å². The molecule has 2 aromatic heterocycles. The summed E-state index contributed by atoms with van der Waals surface area (Å²) in [5.74, 6) is 0.582. The minimum absolute atomic E-state index is 0.216. The number of carbonyl (C=O) groups is 1. The van der Waals surface area contributed by atoms with Gasteiger partial charge < -0.3 is 14.8 Å². The largest absolute Gasteiger partial charge is 0.392 e. The second kappa shape index (κ2) is 7.68. The van der Waals surface area contributed by atoms with Crippen molar-refractivity contribution in [1.82, 2.24) is 19.6 Å². The van der Waals surface area contributed by atoms with Gasteiger partial charge in [-0.1, -0.05) is 29.8 Å². The third-order valence-electron chi connectivity index (χ3n) is 4.79. The van der Waals surface area contributed by atoms with Crippen LogP contribution in [0.5, 0.6) is 0 Å². The number of benzene rings is 1. The van der Waals surface area contributed by atoms with Crippen LogP contribution >= 0.6 is 11.6 Å². The molecular formula is C20H21ClN4O2. The number of amides is 1. The zero-order chi connectivity index (χ0) is 18.8. The average Bonchev–Trinajstić information content (AvgIpc) is 3.24. The van der Waals surface area contributed by atoms with Crippen LogP contribution in [0, 0.1) is 0 Å². The molecule has 0 spiro atoms. The van der Waals surface area contributed by atoms with Crippen LogP contribution in [0.25, 0.3) is 5.52 Å². The van der Waals surface area contributed by atoms with Crippen LogP contribution < -0.4 is 5.32 Å². The maximum atomic E-state index is 12.7. The molecule has 2 N–H and O–H groups in total. The van der Waals surface area contributed by atoms with Gasteiger partial charge in [-0.15, -0.1) is 0 Å². The van der Waals surface area contributed by atoms with Crippen LogP contribution in [0.15, 0.2) is 48.7 Å². The van der Waals surface area contributed by atoms with Gasteiger partial charge in [0.05, 0.1) is 18.2 Å². The van der Waals surface area contributed by atoms with E-state index in [2.05, 4.69) is 15.2 Å². The molecule has 27 heavy (non-hydrogen) atoms. The van der Waals surface area contributed by atoms with Crippen molar-refractivity contribution in [2.75, 3.05) is 13.1 Å². The molecule has 0 bridgehead atoms. The number of hydrogen-bond acceptors (Lipinski definition) is 4. The minimum atomic E-state index is -0.281. The van der Waals surface area contributed by atoms with E-state index in [-0.39, 0.29) is 12.0 Å². The van der Waals surface area contributed by atoms with Crippen molar-refractivity contribution in [1.29, 1.82) is 0 Å². The first-order valence-corrected chi connectivity index (χ1v) is 9.37. The van der Waals surface area contributed by atoms with Gasteiger partial charge in [0.25, 0.3) is 5.91 Å². The molecule has 1 aromatic carbocycles. The fourth-order valence-electron chi connectivity index (χ4n) is 3.45. The maximum absolute atomic E-state index is 12.7. The fourth-order valence-corrected chi connectivity index (χ4v) is 3.66. The van der Waals surface area contributed by atoms with Crippen molar-refractivity contribution < 1.29 is 9.90 Å². The standard InChI is InChI=1S/C20H21ClN4O2/c21-15-5-3-4-14(10-15)11-22-20(27)19-17-6-1-2-8-25(17)18(23-19)13-24-9-7-16(26)12-24/h1-6,8,10,16,26H,7,9,11-13H2,(H,22,27). The Balaban J connectivity index is 1.55. The Morgan fingerprint density at radius 3 is 2.96 bits per heavy atom. The predicted octanol–water partition coefficient (Wildman–Crippen LogP) is 2.48. The molecule has 140 valence electrons. The molecule has 7 heteroatoms. The second-order valence-electron chi connectivity index (χ2n) is 6.82. The van der Waals surface area contributed by atoms with Gasteiger partial charge in [0.1, 0.15) is 5.82 Å². The number of aromatic nitrogens is 2. The summed E-state index contributed by atoms with van der Waals surface area (Å²) in [6.07, 6.45) is 2.41. The zero-order valence-corrected chi connectivity index (χ0v) is 15.6. The van der Waals surface area contributed by atoms with Gasteiger partial charge in [0, 0.05) is 30.9 Å². The summed E-state index contributed by atoms with van der Waals surface area (Å²) in [5.41, 5.74) is 2.12. The Kier molecular flexibility index (Phi) is 5.11. The lowest BCUT2D eigenvalue weighted by molar-refractivity contribution is 0.0947. The van der Waals surface area contributed by atoms with E-state index in [4.69, 9.17) is 11.6 Å². The number of hydrogen-bond donors (Lipinski definition) is 2. The van der Waals surface area contributed by atoms with E-state index in [1.165, 1.54) is 0 Å². The number of imidazole rings is 1. The van der Waals surface area contributed by atoms with Crippen molar-refractivity contribution in [2.24, 2.45) is 0 Å². The van der Waals surface area contributed by atoms with Gasteiger partial charge in [-0.05, 0) is 36.2 Å². The van der Waals surface area contributed by atoms with Gasteiger partial charge >= 0.3 is 0 Å². The van der Waals surface area contributed by atoms with Gasteiger partial charge in [-0.3, -0.25) is 9.69 Å². The van der Waals surface area contributed by atoms with E-state index in [1.54, 1.807) is 6.07 Å². The molecule has 1 amide bonds. The molecule has 0 saturated carbocycles. The van der Waals surface area contributed by atoms with E-state index >= 15 is 0 Å². The highest BCUT2D eigenvalue weighted by atomic mass is 35.5. The maximum Gasteiger partial charge on any atom is 0.272 e. The van der Waals surface area contributed by atoms with Gasteiger partial charge in [-0.25, -0.2) is 4.98 Å². The van der Waals surface area contributed by atoms with Crippen molar-refractivity contribution in [3.8, 4) is 0 Å². The van der Waals surface area contributed by atoms with Crippen molar-refractivity contribution in [2.45, 2.75) is 25.6 Å². The number of halogens is 1. The summed E-state index contributed by atoms with van der Waals surface area (Å²) in [6, 6.07) is 13.1. The number of fused-ring (bicyclic) bond motifs is 1. The number of β-amino-alcohol motifs (C(OH)–C–C–N with tert-alkyl or cyclic N) is 1. The molecule has 3 aromatic rings. The minimum Gasteiger partial charge on any atom is -0.392 e. The van der Waals surface area contributed by atoms with Crippen LogP contribution in [0.4, 0.5) is 0 Å². The number of nitrogens with one attached hydrogen (secondary N) is 1. The van der Waals surface area contributed by atoms with Gasteiger partial charge in [0.2, 0.25) is 0 Å². The van der Waals surface area contributed by atoms with Crippen LogP contribution in [0.1, 0.15) is 28.3 Å². The summed E-state index contributed by atoms with van der Waals surface area (Å²) in [6.45, 7) is 2.46. The highest BCUT2D eigenvalue weighted by Gasteiger charge is 2.23. The Hall–Kier alpha value is -2.41. The van der Waals surface area contributed by atoms with Crippen molar-refractivity contribution in [3.63, 3.8) is 0 Å². The monoisotopic (exact) mass is 384 g/mol. The molecule has 0 radical (unpaired) electrons. The third-order valence-corrected chi connectivity index (χ3v) is 5.03. The Labute approximate surface area is 162 Å². The number of rotatable bonds is 5. The average molecular weight is 385 g/mol. The first kappa shape index (κ1) is 18.0. The number of nitrogens with zero attached hydrogens (tertiary/aromatic N) is 3. The summed E-state index contributed by atoms with van der Waals surface area (Å²) < 4.78 is 1.94. The Morgan fingerprint density at radius 1 is 1.30 bits per heavy atom. The third kappa shape index (κ3) is 3.98. The lowest BCUT2D eigenvalue weighted by atomic mass is 10.2. The number of aliphatic hydroxyl groups excluding tert-OH is 1. The van der Waals surface area contributed by atoms with Gasteiger partial charge in [0.15, 0.2) is 5.69 Å². The zero-order valence-electron chi connectivity index (χ0n) is 14.8. The highest BCUT2D eigenvalue weighted by Crippen LogP contribution is 2.18. The lowest BCUT2D eigenvalue weighted by Crippen LogP contribution is -2.24. The van der Waals surface area contributed by atoms with E-state index in [1.807, 2.05) is 47.0 Å². The predicted molar refractivity (Wildman–Crippen MR) is 104 cm³/mol. The molecule has 1 atom stereocenters. The second-order valence-corrected chi connectivity index (χ2v) is 7.26. The number of likely N-dealkylation sites (tertiary alicyclic amines) is 1. The highest BCUT2D eigenvalue weighted by molar-refractivity contribution is 6.30. The molecule has 1 fully saturated rings. The summed E-state index contributed by atoms with van der Waals surface area (Å²) in [4.78, 5) is 19.5. The first-order chi connectivity index (χ1) is 13.1. The molecule has 1 aliphatic rings. The first-order valence-electron chi connectivity index (χ1n) is 8.99. The molecule has 0 aliphatic carbocycles. The van der Waals surface area contributed by atoms with Crippen LogP contribution in [0.2, 0.25) is 5.02 Å². The molecule has 1 aliphatic heterocycles. The molecular weight excluding hydrogens is 364 g/mol. The molecule has 1 unspecified atom stereocenters. The SMILES string of the molecule is O=C(NCc1cccc(Cl)c1)c1nc(CN2CCC(O)C2)n2ccccc12. The van der Waals surface area contributed by atoms with E-state index in [0.29, 0.717) is 30.4 Å². The molecule has 1 saturated heterocycles. The summed E-state index contributed by atoms with van der Waals surface area (Å²) in [5, 5.41) is 13.3. The molecule has 4 rings (SSSR count). The van der Waals surface area contributed by atoms with Crippen molar-refractivity contribution >= 4 is 23.0 Å². The van der Waals surface area contributed by atoms with Crippen LogP contribution in [0.3, 0.4) is 0 Å². The Morgan fingerprint density at radius 2 is 2.19 bits per heavy atom. The topological polar surface area (TPSA) is 69.9 Å². The molecule has 3 heterocycles. The molecule has 6 nitrogen and oxygen atoms in total. The van der Waals surface area contributed by atoms with E-state index < -0.39 is 0 Å². The van der Waals surface area contributed by atoms with E-state index in [0.717, 1.165) is 29.9 Å². The number of carbonyl (C=O) groups excluding carboxylic acids is 1. The van der Waals surface area contributed by atoms with E-state index in [9.17, 15) is 9.90 Å². The summed E-state index contributed by atoms with van der Waals surface area (Å²) >= 11 is 6.00.